The minimum absolute atomic E-state index is 0.0550. The van der Waals surface area contributed by atoms with Crippen LogP contribution < -0.4 is 0 Å². The minimum atomic E-state index is -2.12. The molecule has 3 aromatic rings. The number of hydrogen-bond donors (Lipinski definition) is 0. The Bertz CT molecular complexity index is 954. The van der Waals surface area contributed by atoms with Crippen LogP contribution in [0.3, 0.4) is 0 Å². The first kappa shape index (κ1) is 10.3. The van der Waals surface area contributed by atoms with Gasteiger partial charge in [0.25, 0.3) is 0 Å². The Labute approximate surface area is 135 Å². The van der Waals surface area contributed by atoms with E-state index in [1.165, 1.54) is 28.5 Å². The zero-order chi connectivity index (χ0) is 17.8. The summed E-state index contributed by atoms with van der Waals surface area (Å²) in [6, 6.07) is 18.4. The lowest BCUT2D eigenvalue weighted by atomic mass is 9.82. The number of hydrogen-bond acceptors (Lipinski definition) is 1. The first-order valence-electron chi connectivity index (χ1n) is 9.00. The third-order valence-corrected chi connectivity index (χ3v) is 4.64. The molecule has 108 valence electrons. The quantitative estimate of drug-likeness (QED) is 0.587. The van der Waals surface area contributed by atoms with E-state index >= 15 is 0 Å². The van der Waals surface area contributed by atoms with Gasteiger partial charge in [0.15, 0.2) is 0 Å². The number of aromatic nitrogens is 1. The Morgan fingerprint density at radius 1 is 0.909 bits per heavy atom. The van der Waals surface area contributed by atoms with E-state index in [0.29, 0.717) is 0 Å². The van der Waals surface area contributed by atoms with Crippen LogP contribution in [0.5, 0.6) is 0 Å². The molecular formula is C21H19N. The van der Waals surface area contributed by atoms with Crippen LogP contribution >= 0.6 is 0 Å². The summed E-state index contributed by atoms with van der Waals surface area (Å²) in [5.74, 6) is 0. The van der Waals surface area contributed by atoms with Gasteiger partial charge in [0.05, 0.1) is 5.69 Å². The Kier molecular flexibility index (Phi) is 2.13. The fraction of sp³-hybridized carbons (Fsp3) is 0.190. The number of rotatable bonds is 1. The fourth-order valence-electron chi connectivity index (χ4n) is 3.43. The molecule has 0 radical (unpaired) electrons. The van der Waals surface area contributed by atoms with E-state index in [4.69, 9.17) is 4.11 Å². The van der Waals surface area contributed by atoms with Crippen LogP contribution in [0, 0.1) is 6.85 Å². The summed E-state index contributed by atoms with van der Waals surface area (Å²) in [5, 5.41) is 0. The molecule has 0 atom stereocenters. The normalized spacial score (nSPS) is 17.1. The van der Waals surface area contributed by atoms with E-state index in [1.807, 2.05) is 0 Å². The largest absolute Gasteiger partial charge is 0.256 e. The summed E-state index contributed by atoms with van der Waals surface area (Å²) in [7, 11) is 0. The van der Waals surface area contributed by atoms with Gasteiger partial charge in [-0.05, 0) is 46.8 Å². The predicted octanol–water partition coefficient (Wildman–Crippen LogP) is 5.36. The van der Waals surface area contributed by atoms with E-state index in [-0.39, 0.29) is 11.0 Å². The van der Waals surface area contributed by atoms with E-state index in [1.54, 1.807) is 12.1 Å². The smallest absolute Gasteiger partial charge is 0.0702 e. The summed E-state index contributed by atoms with van der Waals surface area (Å²) >= 11 is 0. The molecular weight excluding hydrogens is 266 g/mol. The van der Waals surface area contributed by atoms with Crippen molar-refractivity contribution in [2.45, 2.75) is 26.1 Å². The molecule has 0 N–H and O–H groups in total. The maximum Gasteiger partial charge on any atom is 0.0702 e. The number of pyridine rings is 1. The summed E-state index contributed by atoms with van der Waals surface area (Å²) in [6.07, 6.45) is 1.45. The van der Waals surface area contributed by atoms with Crippen molar-refractivity contribution in [2.75, 3.05) is 0 Å². The van der Waals surface area contributed by atoms with Crippen LogP contribution in [-0.4, -0.2) is 4.98 Å². The molecule has 1 heterocycles. The van der Waals surface area contributed by atoms with E-state index < -0.39 is 6.85 Å². The van der Waals surface area contributed by atoms with Crippen molar-refractivity contribution in [1.29, 1.82) is 0 Å². The van der Waals surface area contributed by atoms with Crippen molar-refractivity contribution in [2.24, 2.45) is 0 Å². The Balaban J connectivity index is 1.80. The number of fused-ring (bicyclic) bond motifs is 3. The van der Waals surface area contributed by atoms with Gasteiger partial charge < -0.3 is 0 Å². The maximum atomic E-state index is 7.47. The van der Waals surface area contributed by atoms with Gasteiger partial charge in [-0.3, -0.25) is 4.98 Å². The second kappa shape index (κ2) is 4.54. The molecule has 0 unspecified atom stereocenters. The van der Waals surface area contributed by atoms with Gasteiger partial charge in [-0.25, -0.2) is 0 Å². The summed E-state index contributed by atoms with van der Waals surface area (Å²) in [4.78, 5) is 4.38. The van der Waals surface area contributed by atoms with Crippen molar-refractivity contribution in [3.8, 4) is 22.4 Å². The highest BCUT2D eigenvalue weighted by atomic mass is 14.7. The van der Waals surface area contributed by atoms with E-state index in [9.17, 15) is 0 Å². The van der Waals surface area contributed by atoms with Crippen molar-refractivity contribution >= 4 is 0 Å². The van der Waals surface area contributed by atoms with Gasteiger partial charge in [0.1, 0.15) is 0 Å². The average molecular weight is 288 g/mol. The second-order valence-corrected chi connectivity index (χ2v) is 6.36. The average Bonchev–Trinajstić information content (AvgIpc) is 2.82. The molecule has 1 aromatic heterocycles. The highest BCUT2D eigenvalue weighted by Crippen LogP contribution is 2.49. The molecule has 4 rings (SSSR count). The lowest BCUT2D eigenvalue weighted by molar-refractivity contribution is 0.660. The monoisotopic (exact) mass is 288 g/mol. The molecule has 22 heavy (non-hydrogen) atoms. The first-order valence-corrected chi connectivity index (χ1v) is 7.50. The highest BCUT2D eigenvalue weighted by Gasteiger charge is 2.35. The third-order valence-electron chi connectivity index (χ3n) is 4.64. The molecule has 0 amide bonds. The molecule has 0 fully saturated rings. The Hall–Kier alpha value is -2.41. The van der Waals surface area contributed by atoms with Crippen molar-refractivity contribution < 1.29 is 4.11 Å². The minimum Gasteiger partial charge on any atom is -0.256 e. The van der Waals surface area contributed by atoms with Crippen molar-refractivity contribution in [3.05, 3.63) is 77.5 Å². The number of benzene rings is 2. The SMILES string of the molecule is [2H]C([2H])([2H])c1ccc(-c2ccc3c(c2)C(C)(C)c2ccccc2-3)nc1. The summed E-state index contributed by atoms with van der Waals surface area (Å²) < 4.78 is 22.4. The van der Waals surface area contributed by atoms with E-state index in [2.05, 4.69) is 61.3 Å². The molecule has 1 aliphatic carbocycles. The van der Waals surface area contributed by atoms with Crippen LogP contribution in [0.1, 0.15) is 34.7 Å². The van der Waals surface area contributed by atoms with Crippen LogP contribution in [0.2, 0.25) is 0 Å². The van der Waals surface area contributed by atoms with Crippen LogP contribution in [0.4, 0.5) is 0 Å². The molecule has 0 saturated heterocycles. The van der Waals surface area contributed by atoms with Crippen LogP contribution in [0.25, 0.3) is 22.4 Å². The lowest BCUT2D eigenvalue weighted by Gasteiger charge is -2.21. The second-order valence-electron chi connectivity index (χ2n) is 6.36. The van der Waals surface area contributed by atoms with Crippen molar-refractivity contribution in [3.63, 3.8) is 0 Å². The van der Waals surface area contributed by atoms with Gasteiger partial charge in [-0.2, -0.15) is 0 Å². The topological polar surface area (TPSA) is 12.9 Å². The molecule has 0 spiro atoms. The lowest BCUT2D eigenvalue weighted by Crippen LogP contribution is -2.14. The zero-order valence-corrected chi connectivity index (χ0v) is 12.7. The van der Waals surface area contributed by atoms with Gasteiger partial charge in [0, 0.05) is 21.3 Å². The van der Waals surface area contributed by atoms with Gasteiger partial charge >= 0.3 is 0 Å². The van der Waals surface area contributed by atoms with E-state index in [0.717, 1.165) is 11.3 Å². The molecule has 0 bridgehead atoms. The number of aryl methyl sites for hydroxylation is 1. The first-order chi connectivity index (χ1) is 11.8. The molecule has 0 aliphatic heterocycles. The molecule has 2 aromatic carbocycles. The van der Waals surface area contributed by atoms with Gasteiger partial charge in [0.2, 0.25) is 0 Å². The summed E-state index contributed by atoms with van der Waals surface area (Å²) in [5.41, 5.74) is 7.20. The fourth-order valence-corrected chi connectivity index (χ4v) is 3.43. The highest BCUT2D eigenvalue weighted by molar-refractivity contribution is 5.83. The Morgan fingerprint density at radius 3 is 2.50 bits per heavy atom. The Morgan fingerprint density at radius 2 is 1.73 bits per heavy atom. The molecule has 0 saturated carbocycles. The van der Waals surface area contributed by atoms with Crippen LogP contribution in [-0.2, 0) is 5.41 Å². The predicted molar refractivity (Wildman–Crippen MR) is 92.0 cm³/mol. The molecule has 1 heteroatoms. The number of nitrogens with zero attached hydrogens (tertiary/aromatic N) is 1. The van der Waals surface area contributed by atoms with Crippen molar-refractivity contribution in [1.82, 2.24) is 4.98 Å². The molecule has 1 nitrogen and oxygen atoms in total. The third kappa shape index (κ3) is 1.82. The summed E-state index contributed by atoms with van der Waals surface area (Å²) in [6.45, 7) is 2.37. The van der Waals surface area contributed by atoms with Gasteiger partial charge in [-0.15, -0.1) is 0 Å². The standard InChI is InChI=1S/C21H19N/c1-14-8-11-20(22-13-14)15-9-10-17-16-6-4-5-7-18(16)21(2,3)19(17)12-15/h4-13H,1-3H3/i1D3. The molecule has 1 aliphatic rings. The maximum absolute atomic E-state index is 7.47. The van der Waals surface area contributed by atoms with Crippen LogP contribution in [0.15, 0.2) is 60.8 Å². The van der Waals surface area contributed by atoms with Gasteiger partial charge in [-0.1, -0.05) is 56.3 Å². The zero-order valence-electron chi connectivity index (χ0n) is 15.7.